The Kier molecular flexibility index (Phi) is 6.80. The van der Waals surface area contributed by atoms with Crippen molar-refractivity contribution in [1.29, 1.82) is 0 Å². The lowest BCUT2D eigenvalue weighted by Crippen LogP contribution is -2.48. The summed E-state index contributed by atoms with van der Waals surface area (Å²) in [4.78, 5) is 29.1. The minimum atomic E-state index is -2.73. The average Bonchev–Trinajstić information content (AvgIpc) is 2.86. The molecule has 0 radical (unpaired) electrons. The molecule has 0 aliphatic carbocycles. The number of hydrogen-bond donors (Lipinski definition) is 2. The number of rotatable bonds is 7. The Morgan fingerprint density at radius 1 is 1.15 bits per heavy atom. The number of amides is 1. The summed E-state index contributed by atoms with van der Waals surface area (Å²) in [5, 5.41) is 0.886. The highest BCUT2D eigenvalue weighted by molar-refractivity contribution is 7.70. The molecule has 1 fully saturated rings. The van der Waals surface area contributed by atoms with Gasteiger partial charge in [0.2, 0.25) is 22.7 Å². The molecule has 4 rings (SSSR count). The molecule has 10 nitrogen and oxygen atoms in total. The summed E-state index contributed by atoms with van der Waals surface area (Å²) in [7, 11) is -1.24. The second-order valence-corrected chi connectivity index (χ2v) is 8.26. The van der Waals surface area contributed by atoms with Gasteiger partial charge in [-0.05, 0) is 29.8 Å². The lowest BCUT2D eigenvalue weighted by atomic mass is 10.0. The molecule has 0 bridgehead atoms. The largest absolute Gasteiger partial charge is 0.481 e. The quantitative estimate of drug-likeness (QED) is 0.392. The SMILES string of the molecule is C=CC(=O)N1CCN(c2ncnc3ccc(-c4cnc(OC)c(CN[SH](=O)=O)c4)cc23)CC1. The zero-order valence-electron chi connectivity index (χ0n) is 18.1. The number of fused-ring (bicyclic) bond motifs is 1. The molecule has 1 amide bonds. The first-order valence-electron chi connectivity index (χ1n) is 10.3. The molecule has 1 N–H and O–H groups in total. The molecule has 1 aliphatic heterocycles. The molecular weight excluding hydrogens is 444 g/mol. The van der Waals surface area contributed by atoms with Crippen LogP contribution in [0.2, 0.25) is 0 Å². The Labute approximate surface area is 193 Å². The fourth-order valence-electron chi connectivity index (χ4n) is 3.86. The van der Waals surface area contributed by atoms with Gasteiger partial charge in [-0.3, -0.25) is 4.79 Å². The number of nitrogens with one attached hydrogen (secondary N) is 1. The monoisotopic (exact) mass is 468 g/mol. The zero-order valence-corrected chi connectivity index (χ0v) is 19.0. The molecule has 11 heteroatoms. The number of aromatic nitrogens is 3. The van der Waals surface area contributed by atoms with Gasteiger partial charge in [0.15, 0.2) is 0 Å². The molecule has 3 heterocycles. The zero-order chi connectivity index (χ0) is 23.4. The second kappa shape index (κ2) is 9.92. The Hall–Kier alpha value is -3.57. The second-order valence-electron chi connectivity index (χ2n) is 7.43. The molecule has 0 unspecified atom stereocenters. The fraction of sp³-hybridized carbons (Fsp3) is 0.273. The molecule has 1 saturated heterocycles. The van der Waals surface area contributed by atoms with E-state index in [1.54, 1.807) is 17.4 Å². The van der Waals surface area contributed by atoms with Gasteiger partial charge in [0, 0.05) is 55.4 Å². The van der Waals surface area contributed by atoms with Crippen molar-refractivity contribution in [2.75, 3.05) is 38.2 Å². The Bertz CT molecular complexity index is 1260. The van der Waals surface area contributed by atoms with Crippen molar-refractivity contribution in [3.8, 4) is 17.0 Å². The van der Waals surface area contributed by atoms with Crippen molar-refractivity contribution < 1.29 is 17.9 Å². The highest BCUT2D eigenvalue weighted by atomic mass is 32.2. The number of anilines is 1. The molecule has 1 aliphatic rings. The number of carbonyl (C=O) groups excluding carboxylic acids is 1. The lowest BCUT2D eigenvalue weighted by molar-refractivity contribution is -0.126. The number of benzene rings is 1. The summed E-state index contributed by atoms with van der Waals surface area (Å²) in [6.45, 7) is 6.14. The minimum Gasteiger partial charge on any atom is -0.481 e. The van der Waals surface area contributed by atoms with Gasteiger partial charge in [0.05, 0.1) is 12.6 Å². The topological polar surface area (TPSA) is 118 Å². The normalized spacial score (nSPS) is 14.0. The van der Waals surface area contributed by atoms with Gasteiger partial charge >= 0.3 is 0 Å². The first kappa shape index (κ1) is 22.6. The van der Waals surface area contributed by atoms with Crippen LogP contribution >= 0.6 is 0 Å². The standard InChI is InChI=1S/C22H24N6O4S/c1-3-20(29)27-6-8-28(9-7-27)21-18-11-15(4-5-19(18)24-14-25-21)16-10-17(13-26-33(30)31)22(32-2)23-12-16/h3-5,10-12,14,33H,1,6-9,13H2,2H3,(H,26,30,31). The number of piperazine rings is 1. The van der Waals surface area contributed by atoms with Crippen molar-refractivity contribution in [2.45, 2.75) is 6.54 Å². The van der Waals surface area contributed by atoms with E-state index in [0.717, 1.165) is 27.8 Å². The Morgan fingerprint density at radius 3 is 2.64 bits per heavy atom. The van der Waals surface area contributed by atoms with Crippen molar-refractivity contribution in [3.63, 3.8) is 0 Å². The Balaban J connectivity index is 1.67. The van der Waals surface area contributed by atoms with Crippen LogP contribution in [0.5, 0.6) is 5.88 Å². The van der Waals surface area contributed by atoms with Gasteiger partial charge < -0.3 is 14.5 Å². The van der Waals surface area contributed by atoms with E-state index in [2.05, 4.69) is 31.2 Å². The third kappa shape index (κ3) is 4.94. The first-order chi connectivity index (χ1) is 16.0. The van der Waals surface area contributed by atoms with Crippen LogP contribution in [0.3, 0.4) is 0 Å². The third-order valence-electron chi connectivity index (χ3n) is 5.53. The summed E-state index contributed by atoms with van der Waals surface area (Å²) in [6, 6.07) is 7.71. The fourth-order valence-corrected chi connectivity index (χ4v) is 4.16. The van der Waals surface area contributed by atoms with Crippen LogP contribution in [0.25, 0.3) is 22.0 Å². The number of carbonyl (C=O) groups is 1. The third-order valence-corrected chi connectivity index (χ3v) is 5.95. The number of hydrogen-bond acceptors (Lipinski definition) is 8. The maximum atomic E-state index is 11.9. The molecular formula is C22H24N6O4S. The van der Waals surface area contributed by atoms with E-state index < -0.39 is 10.9 Å². The number of thiol groups is 1. The van der Waals surface area contributed by atoms with Crippen molar-refractivity contribution in [2.24, 2.45) is 0 Å². The average molecular weight is 469 g/mol. The maximum absolute atomic E-state index is 11.9. The van der Waals surface area contributed by atoms with E-state index in [1.165, 1.54) is 13.2 Å². The van der Waals surface area contributed by atoms with Gasteiger partial charge in [0.25, 0.3) is 0 Å². The van der Waals surface area contributed by atoms with Crippen LogP contribution in [0.1, 0.15) is 5.56 Å². The summed E-state index contributed by atoms with van der Waals surface area (Å²) in [5.74, 6) is 1.10. The summed E-state index contributed by atoms with van der Waals surface area (Å²) < 4.78 is 29.6. The highest BCUT2D eigenvalue weighted by Gasteiger charge is 2.22. The molecule has 0 atom stereocenters. The van der Waals surface area contributed by atoms with Crippen LogP contribution in [0.15, 0.2) is 49.4 Å². The van der Waals surface area contributed by atoms with Gasteiger partial charge in [0.1, 0.15) is 12.1 Å². The van der Waals surface area contributed by atoms with Crippen LogP contribution in [0, 0.1) is 0 Å². The molecule has 172 valence electrons. The van der Waals surface area contributed by atoms with Gasteiger partial charge in [-0.2, -0.15) is 0 Å². The molecule has 33 heavy (non-hydrogen) atoms. The van der Waals surface area contributed by atoms with E-state index in [0.29, 0.717) is 37.6 Å². The smallest absolute Gasteiger partial charge is 0.246 e. The van der Waals surface area contributed by atoms with E-state index in [-0.39, 0.29) is 12.5 Å². The van der Waals surface area contributed by atoms with Crippen molar-refractivity contribution >= 4 is 33.5 Å². The number of methoxy groups -OCH3 is 1. The van der Waals surface area contributed by atoms with Crippen LogP contribution in [0.4, 0.5) is 5.82 Å². The maximum Gasteiger partial charge on any atom is 0.246 e. The predicted molar refractivity (Wildman–Crippen MR) is 125 cm³/mol. The van der Waals surface area contributed by atoms with E-state index in [9.17, 15) is 13.2 Å². The van der Waals surface area contributed by atoms with E-state index in [4.69, 9.17) is 4.74 Å². The molecule has 0 spiro atoms. The van der Waals surface area contributed by atoms with Crippen LogP contribution in [-0.4, -0.2) is 67.5 Å². The lowest BCUT2D eigenvalue weighted by Gasteiger charge is -2.35. The molecule has 2 aromatic heterocycles. The summed E-state index contributed by atoms with van der Waals surface area (Å²) in [5.41, 5.74) is 3.13. The first-order valence-corrected chi connectivity index (χ1v) is 11.5. The number of ether oxygens (including phenoxy) is 1. The number of nitrogens with zero attached hydrogens (tertiary/aromatic N) is 5. The van der Waals surface area contributed by atoms with Crippen molar-refractivity contribution in [3.05, 3.63) is 55.0 Å². The van der Waals surface area contributed by atoms with E-state index in [1.807, 2.05) is 24.3 Å². The molecule has 0 saturated carbocycles. The molecule has 1 aromatic carbocycles. The van der Waals surface area contributed by atoms with Crippen LogP contribution < -0.4 is 14.4 Å². The van der Waals surface area contributed by atoms with Gasteiger partial charge in [-0.1, -0.05) is 12.6 Å². The molecule has 3 aromatic rings. The number of pyridine rings is 1. The van der Waals surface area contributed by atoms with Gasteiger partial charge in [-0.15, -0.1) is 0 Å². The minimum absolute atomic E-state index is 0.0664. The van der Waals surface area contributed by atoms with Crippen LogP contribution in [-0.2, 0) is 22.2 Å². The van der Waals surface area contributed by atoms with Gasteiger partial charge in [-0.25, -0.2) is 28.1 Å². The van der Waals surface area contributed by atoms with E-state index >= 15 is 0 Å². The summed E-state index contributed by atoms with van der Waals surface area (Å²) >= 11 is 0. The highest BCUT2D eigenvalue weighted by Crippen LogP contribution is 2.30. The Morgan fingerprint density at radius 2 is 1.94 bits per heavy atom. The predicted octanol–water partition coefficient (Wildman–Crippen LogP) is 1.15. The van der Waals surface area contributed by atoms with Crippen molar-refractivity contribution in [1.82, 2.24) is 24.6 Å². The summed E-state index contributed by atoms with van der Waals surface area (Å²) in [6.07, 6.45) is 4.56.